The number of nitrogens with zero attached hydrogens (tertiary/aromatic N) is 1. The summed E-state index contributed by atoms with van der Waals surface area (Å²) < 4.78 is 16.4. The lowest BCUT2D eigenvalue weighted by molar-refractivity contribution is -0.150. The molecule has 0 radical (unpaired) electrons. The minimum absolute atomic E-state index is 0.0683. The van der Waals surface area contributed by atoms with Gasteiger partial charge in [-0.3, -0.25) is 9.59 Å². The van der Waals surface area contributed by atoms with Crippen molar-refractivity contribution in [2.45, 2.75) is 58.6 Å². The number of benzene rings is 1. The number of nitrogens with one attached hydrogen (secondary N) is 1. The molecular weight excluding hydrogens is 424 g/mol. The van der Waals surface area contributed by atoms with Gasteiger partial charge in [-0.2, -0.15) is 0 Å². The Bertz CT molecular complexity index is 993. The van der Waals surface area contributed by atoms with Crippen LogP contribution >= 0.6 is 0 Å². The van der Waals surface area contributed by atoms with Crippen LogP contribution in [-0.2, 0) is 27.2 Å². The average molecular weight is 455 g/mol. The van der Waals surface area contributed by atoms with Gasteiger partial charge in [-0.15, -0.1) is 0 Å². The Balaban J connectivity index is 1.68. The number of carbonyl (C=O) groups is 3. The first-order chi connectivity index (χ1) is 15.9. The summed E-state index contributed by atoms with van der Waals surface area (Å²) in [7, 11) is 1.41. The molecule has 8 nitrogen and oxygen atoms in total. The number of amides is 1. The average Bonchev–Trinajstić information content (AvgIpc) is 3.22. The second kappa shape index (κ2) is 10.9. The Morgan fingerprint density at radius 2 is 1.70 bits per heavy atom. The molecule has 1 amide bonds. The molecular formula is C25H30N2O6. The SMILES string of the molecule is CCC(CC)C(=O)Oc1c(OC)ccnc1C(=O)N[C@@H](C)C(=O)OC1Cc2ccccc2C1. The van der Waals surface area contributed by atoms with Crippen molar-refractivity contribution in [2.24, 2.45) is 5.92 Å². The smallest absolute Gasteiger partial charge is 0.328 e. The fourth-order valence-corrected chi connectivity index (χ4v) is 3.85. The highest BCUT2D eigenvalue weighted by Gasteiger charge is 2.29. The van der Waals surface area contributed by atoms with Gasteiger partial charge in [0.25, 0.3) is 5.91 Å². The normalized spacial score (nSPS) is 13.8. The third-order valence-corrected chi connectivity index (χ3v) is 5.82. The number of esters is 2. The summed E-state index contributed by atoms with van der Waals surface area (Å²) in [6.07, 6.45) is 3.62. The molecule has 1 aliphatic carbocycles. The van der Waals surface area contributed by atoms with Crippen LogP contribution in [0.3, 0.4) is 0 Å². The van der Waals surface area contributed by atoms with Gasteiger partial charge in [0.05, 0.1) is 13.0 Å². The number of aromatic nitrogens is 1. The zero-order valence-electron chi connectivity index (χ0n) is 19.4. The molecule has 1 atom stereocenters. The summed E-state index contributed by atoms with van der Waals surface area (Å²) in [6.45, 7) is 5.32. The summed E-state index contributed by atoms with van der Waals surface area (Å²) in [5.41, 5.74) is 2.19. The van der Waals surface area contributed by atoms with Crippen molar-refractivity contribution >= 4 is 17.8 Å². The van der Waals surface area contributed by atoms with Gasteiger partial charge in [0.2, 0.25) is 5.75 Å². The molecule has 0 spiro atoms. The van der Waals surface area contributed by atoms with Crippen molar-refractivity contribution in [3.63, 3.8) is 0 Å². The van der Waals surface area contributed by atoms with Crippen molar-refractivity contribution in [1.29, 1.82) is 0 Å². The molecule has 8 heteroatoms. The molecule has 0 bridgehead atoms. The van der Waals surface area contributed by atoms with Crippen LogP contribution in [0.1, 0.15) is 55.2 Å². The molecule has 0 saturated carbocycles. The van der Waals surface area contributed by atoms with E-state index < -0.39 is 23.9 Å². The Labute approximate surface area is 193 Å². The van der Waals surface area contributed by atoms with Gasteiger partial charge in [-0.25, -0.2) is 9.78 Å². The number of methoxy groups -OCH3 is 1. The number of hydrogen-bond donors (Lipinski definition) is 1. The fourth-order valence-electron chi connectivity index (χ4n) is 3.85. The van der Waals surface area contributed by atoms with E-state index in [4.69, 9.17) is 14.2 Å². The summed E-state index contributed by atoms with van der Waals surface area (Å²) >= 11 is 0. The molecule has 3 rings (SSSR count). The van der Waals surface area contributed by atoms with E-state index in [1.807, 2.05) is 38.1 Å². The minimum atomic E-state index is -0.920. The highest BCUT2D eigenvalue weighted by molar-refractivity contribution is 5.98. The van der Waals surface area contributed by atoms with Gasteiger partial charge in [0.1, 0.15) is 12.1 Å². The van der Waals surface area contributed by atoms with Crippen LogP contribution < -0.4 is 14.8 Å². The standard InChI is InChI=1S/C25H30N2O6/c1-5-16(6-2)25(30)33-22-20(31-4)11-12-26-21(22)23(28)27-15(3)24(29)32-19-13-17-9-7-8-10-18(17)14-19/h7-12,15-16,19H,5-6,13-14H2,1-4H3,(H,27,28)/t15-/m0/s1. The van der Waals surface area contributed by atoms with E-state index >= 15 is 0 Å². The van der Waals surface area contributed by atoms with Crippen molar-refractivity contribution in [1.82, 2.24) is 10.3 Å². The molecule has 0 aliphatic heterocycles. The van der Waals surface area contributed by atoms with E-state index in [1.54, 1.807) is 6.92 Å². The second-order valence-corrected chi connectivity index (χ2v) is 8.06. The number of carbonyl (C=O) groups excluding carboxylic acids is 3. The molecule has 1 N–H and O–H groups in total. The van der Waals surface area contributed by atoms with Crippen molar-refractivity contribution in [3.05, 3.63) is 53.3 Å². The third kappa shape index (κ3) is 5.69. The van der Waals surface area contributed by atoms with Gasteiger partial charge in [0, 0.05) is 25.1 Å². The van der Waals surface area contributed by atoms with E-state index in [2.05, 4.69) is 10.3 Å². The van der Waals surface area contributed by atoms with Gasteiger partial charge >= 0.3 is 11.9 Å². The Hall–Kier alpha value is -3.42. The predicted octanol–water partition coefficient (Wildman–Crippen LogP) is 3.26. The van der Waals surface area contributed by atoms with Gasteiger partial charge in [-0.05, 0) is 30.9 Å². The number of fused-ring (bicyclic) bond motifs is 1. The van der Waals surface area contributed by atoms with Gasteiger partial charge in [0.15, 0.2) is 11.4 Å². The van der Waals surface area contributed by atoms with E-state index in [1.165, 1.54) is 19.4 Å². The molecule has 1 aliphatic rings. The zero-order valence-corrected chi connectivity index (χ0v) is 19.4. The molecule has 0 unspecified atom stereocenters. The lowest BCUT2D eigenvalue weighted by atomic mass is 10.0. The van der Waals surface area contributed by atoms with E-state index in [-0.39, 0.29) is 29.2 Å². The molecule has 1 aromatic carbocycles. The first kappa shape index (κ1) is 24.2. The van der Waals surface area contributed by atoms with Crippen LogP contribution in [0.15, 0.2) is 36.5 Å². The highest BCUT2D eigenvalue weighted by Crippen LogP contribution is 2.31. The monoisotopic (exact) mass is 454 g/mol. The molecule has 1 aromatic heterocycles. The summed E-state index contributed by atoms with van der Waals surface area (Å²) in [6, 6.07) is 8.54. The number of hydrogen-bond acceptors (Lipinski definition) is 7. The quantitative estimate of drug-likeness (QED) is 0.580. The summed E-state index contributed by atoms with van der Waals surface area (Å²) in [4.78, 5) is 42.1. The van der Waals surface area contributed by atoms with Crippen molar-refractivity contribution in [3.8, 4) is 11.5 Å². The van der Waals surface area contributed by atoms with Crippen LogP contribution in [0.5, 0.6) is 11.5 Å². The van der Waals surface area contributed by atoms with Crippen molar-refractivity contribution < 1.29 is 28.6 Å². The summed E-state index contributed by atoms with van der Waals surface area (Å²) in [5, 5.41) is 2.59. The van der Waals surface area contributed by atoms with Crippen LogP contribution in [0, 0.1) is 5.92 Å². The molecule has 0 saturated heterocycles. The molecule has 0 fully saturated rings. The first-order valence-corrected chi connectivity index (χ1v) is 11.2. The van der Waals surface area contributed by atoms with Crippen LogP contribution in [0.2, 0.25) is 0 Å². The maximum absolute atomic E-state index is 12.9. The Morgan fingerprint density at radius 1 is 1.06 bits per heavy atom. The van der Waals surface area contributed by atoms with Crippen molar-refractivity contribution in [2.75, 3.05) is 7.11 Å². The topological polar surface area (TPSA) is 104 Å². The van der Waals surface area contributed by atoms with E-state index in [0.717, 1.165) is 11.1 Å². The fraction of sp³-hybridized carbons (Fsp3) is 0.440. The van der Waals surface area contributed by atoms with Gasteiger partial charge in [-0.1, -0.05) is 38.1 Å². The first-order valence-electron chi connectivity index (χ1n) is 11.2. The largest absolute Gasteiger partial charge is 0.493 e. The molecule has 33 heavy (non-hydrogen) atoms. The van der Waals surface area contributed by atoms with E-state index in [0.29, 0.717) is 25.7 Å². The Morgan fingerprint density at radius 3 is 2.27 bits per heavy atom. The summed E-state index contributed by atoms with van der Waals surface area (Å²) in [5.74, 6) is -1.85. The lowest BCUT2D eigenvalue weighted by Crippen LogP contribution is -2.41. The highest BCUT2D eigenvalue weighted by atomic mass is 16.6. The van der Waals surface area contributed by atoms with E-state index in [9.17, 15) is 14.4 Å². The lowest BCUT2D eigenvalue weighted by Gasteiger charge is -2.19. The number of pyridine rings is 1. The maximum Gasteiger partial charge on any atom is 0.328 e. The Kier molecular flexibility index (Phi) is 8.03. The maximum atomic E-state index is 12.9. The zero-order chi connectivity index (χ0) is 24.0. The van der Waals surface area contributed by atoms with Crippen LogP contribution in [-0.4, -0.2) is 42.1 Å². The minimum Gasteiger partial charge on any atom is -0.493 e. The van der Waals surface area contributed by atoms with Crippen LogP contribution in [0.25, 0.3) is 0 Å². The van der Waals surface area contributed by atoms with Gasteiger partial charge < -0.3 is 19.5 Å². The molecule has 1 heterocycles. The second-order valence-electron chi connectivity index (χ2n) is 8.06. The number of ether oxygens (including phenoxy) is 3. The molecule has 176 valence electrons. The van der Waals surface area contributed by atoms with Crippen LogP contribution in [0.4, 0.5) is 0 Å². The predicted molar refractivity (Wildman–Crippen MR) is 121 cm³/mol. The molecule has 2 aromatic rings. The number of rotatable bonds is 9. The third-order valence-electron chi connectivity index (χ3n) is 5.82.